The van der Waals surface area contributed by atoms with Crippen molar-refractivity contribution in [2.45, 2.75) is 15.2 Å². The number of β-lactam (4-membered cyclic amide) rings is 1. The van der Waals surface area contributed by atoms with Gasteiger partial charge in [-0.3, -0.25) is 23.5 Å². The molecule has 1 aromatic carbocycles. The fourth-order valence-electron chi connectivity index (χ4n) is 3.14. The minimum Gasteiger partial charge on any atom is -0.497 e. The van der Waals surface area contributed by atoms with Gasteiger partial charge in [0.1, 0.15) is 41.5 Å². The van der Waals surface area contributed by atoms with Gasteiger partial charge in [-0.25, -0.2) is 4.79 Å². The van der Waals surface area contributed by atoms with Gasteiger partial charge in [-0.2, -0.15) is 0 Å². The van der Waals surface area contributed by atoms with Crippen molar-refractivity contribution >= 4 is 69.7 Å². The number of hydrogen-bond acceptors (Lipinski definition) is 8. The number of nitrogens with one attached hydrogen (secondary N) is 1. The van der Waals surface area contributed by atoms with E-state index in [9.17, 15) is 23.4 Å². The Bertz CT molecular complexity index is 1020. The molecular formula is C19H17Cl3N2O8S. The first-order valence-corrected chi connectivity index (χ1v) is 11.8. The maximum Gasteiger partial charge on any atom is 0.355 e. The number of hydrogen-bond donors (Lipinski definition) is 1. The minimum atomic E-state index is -1.91. The maximum absolute atomic E-state index is 12.7. The fourth-order valence-corrected chi connectivity index (χ4v) is 4.91. The standard InChI is InChI=1S/C19H17Cl3N2O8S/c1-30-11-2-4-12(5-3-11)31-7-13(26)23-14-16(27)24-15(18(28)32-9-19(20,21)22)10(6-25)8-33(29)17(14)24/h2-6,14,17H,7-9H2,1H3,(H,23,26)/t14?,17-,33?/m1/s1. The molecule has 1 N–H and O–H groups in total. The monoisotopic (exact) mass is 538 g/mol. The molecule has 1 saturated heterocycles. The molecule has 14 heteroatoms. The normalized spacial score (nSPS) is 22.1. The average Bonchev–Trinajstić information content (AvgIpc) is 2.78. The smallest absolute Gasteiger partial charge is 0.355 e. The summed E-state index contributed by atoms with van der Waals surface area (Å²) in [6.07, 6.45) is 0.307. The molecule has 0 aromatic heterocycles. The van der Waals surface area contributed by atoms with E-state index in [1.54, 1.807) is 24.3 Å². The molecule has 2 aliphatic heterocycles. The summed E-state index contributed by atoms with van der Waals surface area (Å²) in [4.78, 5) is 49.7. The van der Waals surface area contributed by atoms with Crippen LogP contribution in [0.25, 0.3) is 0 Å². The Hall–Kier alpha value is -2.34. The number of esters is 1. The topological polar surface area (TPSA) is 128 Å². The SMILES string of the molecule is COc1ccc(OCC(=O)NC2C(=O)N3C(C(=O)OCC(Cl)(Cl)Cl)=C(C=O)CS(=O)[C@H]23)cc1. The van der Waals surface area contributed by atoms with E-state index in [1.807, 2.05) is 0 Å². The number of methoxy groups -OCH3 is 1. The number of alkyl halides is 3. The summed E-state index contributed by atoms with van der Waals surface area (Å²) in [5, 5.41) is 1.37. The van der Waals surface area contributed by atoms with Crippen molar-refractivity contribution in [2.75, 3.05) is 26.1 Å². The lowest BCUT2D eigenvalue weighted by atomic mass is 10.0. The maximum atomic E-state index is 12.7. The lowest BCUT2D eigenvalue weighted by molar-refractivity contribution is -0.153. The predicted octanol–water partition coefficient (Wildman–Crippen LogP) is 0.856. The molecule has 0 bridgehead atoms. The molecule has 1 aromatic rings. The van der Waals surface area contributed by atoms with Crippen molar-refractivity contribution in [3.05, 3.63) is 35.5 Å². The zero-order valence-electron chi connectivity index (χ0n) is 16.9. The summed E-state index contributed by atoms with van der Waals surface area (Å²) < 4.78 is 26.0. The van der Waals surface area contributed by atoms with Crippen molar-refractivity contribution in [3.8, 4) is 11.5 Å². The van der Waals surface area contributed by atoms with Crippen molar-refractivity contribution in [1.82, 2.24) is 10.2 Å². The van der Waals surface area contributed by atoms with E-state index in [-0.39, 0.29) is 11.3 Å². The Kier molecular flexibility index (Phi) is 7.88. The number of carbonyl (C=O) groups is 4. The first-order chi connectivity index (χ1) is 15.6. The van der Waals surface area contributed by atoms with Gasteiger partial charge in [-0.1, -0.05) is 34.8 Å². The first-order valence-electron chi connectivity index (χ1n) is 9.24. The summed E-state index contributed by atoms with van der Waals surface area (Å²) in [6.45, 7) is -1.05. The molecule has 0 aliphatic carbocycles. The Morgan fingerprint density at radius 1 is 1.24 bits per heavy atom. The lowest BCUT2D eigenvalue weighted by Gasteiger charge is -2.48. The van der Waals surface area contributed by atoms with Gasteiger partial charge < -0.3 is 19.5 Å². The van der Waals surface area contributed by atoms with Gasteiger partial charge in [0.15, 0.2) is 6.61 Å². The van der Waals surface area contributed by atoms with Gasteiger partial charge in [0, 0.05) is 5.57 Å². The molecule has 2 aliphatic rings. The van der Waals surface area contributed by atoms with Crippen LogP contribution in [0, 0.1) is 0 Å². The number of benzene rings is 1. The third-order valence-electron chi connectivity index (χ3n) is 4.60. The minimum absolute atomic E-state index is 0.195. The van der Waals surface area contributed by atoms with Crippen molar-refractivity contribution in [1.29, 1.82) is 0 Å². The zero-order valence-corrected chi connectivity index (χ0v) is 20.0. The van der Waals surface area contributed by atoms with E-state index < -0.39 is 62.7 Å². The first kappa shape index (κ1) is 25.3. The second kappa shape index (κ2) is 10.3. The molecule has 10 nitrogen and oxygen atoms in total. The van der Waals surface area contributed by atoms with Crippen LogP contribution in [0.1, 0.15) is 0 Å². The highest BCUT2D eigenvalue weighted by atomic mass is 35.6. The van der Waals surface area contributed by atoms with Gasteiger partial charge in [0.25, 0.3) is 11.8 Å². The highest BCUT2D eigenvalue weighted by molar-refractivity contribution is 7.86. The third kappa shape index (κ3) is 5.78. The van der Waals surface area contributed by atoms with E-state index >= 15 is 0 Å². The highest BCUT2D eigenvalue weighted by Crippen LogP contribution is 2.35. The van der Waals surface area contributed by atoms with Crippen molar-refractivity contribution < 1.29 is 37.6 Å². The summed E-state index contributed by atoms with van der Waals surface area (Å²) in [7, 11) is -0.256. The average molecular weight is 540 g/mol. The Balaban J connectivity index is 1.66. The van der Waals surface area contributed by atoms with Gasteiger partial charge in [0.05, 0.1) is 23.7 Å². The molecule has 33 heavy (non-hydrogen) atoms. The summed E-state index contributed by atoms with van der Waals surface area (Å²) in [5.41, 5.74) is -0.589. The number of carbonyl (C=O) groups excluding carboxylic acids is 4. The third-order valence-corrected chi connectivity index (χ3v) is 6.55. The largest absolute Gasteiger partial charge is 0.497 e. The van der Waals surface area contributed by atoms with Crippen LogP contribution in [0.3, 0.4) is 0 Å². The molecule has 2 amide bonds. The van der Waals surface area contributed by atoms with E-state index in [4.69, 9.17) is 49.0 Å². The van der Waals surface area contributed by atoms with Gasteiger partial charge in [-0.15, -0.1) is 0 Å². The lowest BCUT2D eigenvalue weighted by Crippen LogP contribution is -2.74. The highest BCUT2D eigenvalue weighted by Gasteiger charge is 2.57. The van der Waals surface area contributed by atoms with E-state index in [2.05, 4.69) is 5.32 Å². The van der Waals surface area contributed by atoms with Crippen LogP contribution in [0.5, 0.6) is 11.5 Å². The number of halogens is 3. The van der Waals surface area contributed by atoms with Crippen LogP contribution in [0.4, 0.5) is 0 Å². The number of fused-ring (bicyclic) bond motifs is 1. The molecule has 0 radical (unpaired) electrons. The second-order valence-electron chi connectivity index (χ2n) is 6.82. The Morgan fingerprint density at radius 3 is 2.45 bits per heavy atom. The van der Waals surface area contributed by atoms with Crippen molar-refractivity contribution in [3.63, 3.8) is 0 Å². The quantitative estimate of drug-likeness (QED) is 0.223. The number of ether oxygens (including phenoxy) is 3. The molecule has 0 saturated carbocycles. The number of aldehydes is 1. The zero-order chi connectivity index (χ0) is 24.3. The van der Waals surface area contributed by atoms with E-state index in [0.717, 1.165) is 4.90 Å². The summed E-state index contributed by atoms with van der Waals surface area (Å²) >= 11 is 16.7. The van der Waals surface area contributed by atoms with E-state index in [1.165, 1.54) is 7.11 Å². The molecule has 0 spiro atoms. The molecule has 3 rings (SSSR count). The van der Waals surface area contributed by atoms with Gasteiger partial charge >= 0.3 is 5.97 Å². The molecule has 3 atom stereocenters. The van der Waals surface area contributed by atoms with Crippen LogP contribution in [-0.2, 0) is 34.7 Å². The van der Waals surface area contributed by atoms with Crippen LogP contribution >= 0.6 is 34.8 Å². The molecule has 2 heterocycles. The Labute approximate surface area is 205 Å². The van der Waals surface area contributed by atoms with E-state index in [0.29, 0.717) is 17.8 Å². The number of rotatable bonds is 8. The van der Waals surface area contributed by atoms with Crippen LogP contribution in [0.15, 0.2) is 35.5 Å². The van der Waals surface area contributed by atoms with Crippen LogP contribution in [0.2, 0.25) is 0 Å². The predicted molar refractivity (Wildman–Crippen MR) is 118 cm³/mol. The molecule has 178 valence electrons. The fraction of sp³-hybridized carbons (Fsp3) is 0.368. The Morgan fingerprint density at radius 2 is 1.88 bits per heavy atom. The molecule has 2 unspecified atom stereocenters. The number of nitrogens with zero attached hydrogens (tertiary/aromatic N) is 1. The number of amides is 2. The van der Waals surface area contributed by atoms with Gasteiger partial charge in [-0.05, 0) is 24.3 Å². The summed E-state index contributed by atoms with van der Waals surface area (Å²) in [5.74, 6) is -1.79. The van der Waals surface area contributed by atoms with Crippen LogP contribution < -0.4 is 14.8 Å². The van der Waals surface area contributed by atoms with Crippen LogP contribution in [-0.4, -0.2) is 74.5 Å². The molecule has 1 fully saturated rings. The van der Waals surface area contributed by atoms with Crippen molar-refractivity contribution in [2.24, 2.45) is 0 Å². The second-order valence-corrected chi connectivity index (χ2v) is 10.9. The summed E-state index contributed by atoms with van der Waals surface area (Å²) in [6, 6.07) is 5.30. The molecular weight excluding hydrogens is 523 g/mol. The van der Waals surface area contributed by atoms with Gasteiger partial charge in [0.2, 0.25) is 3.79 Å².